The molecule has 0 atom stereocenters. The molecule has 2 heterocycles. The highest BCUT2D eigenvalue weighted by Gasteiger charge is 2.16. The van der Waals surface area contributed by atoms with Crippen LogP contribution in [0.15, 0.2) is 26.2 Å². The van der Waals surface area contributed by atoms with Crippen LogP contribution in [-0.2, 0) is 16.6 Å². The van der Waals surface area contributed by atoms with Crippen molar-refractivity contribution in [3.05, 3.63) is 38.9 Å². The number of sulfonamides is 1. The van der Waals surface area contributed by atoms with Crippen LogP contribution in [-0.4, -0.2) is 13.4 Å². The number of rotatable bonds is 4. The van der Waals surface area contributed by atoms with Crippen molar-refractivity contribution >= 4 is 37.3 Å². The molecule has 0 amide bonds. The molecule has 0 aliphatic rings. The Morgan fingerprint density at radius 3 is 2.61 bits per heavy atom. The molecule has 2 aromatic rings. The maximum Gasteiger partial charge on any atom is 0.250 e. The minimum absolute atomic E-state index is 0.300. The third-order valence-electron chi connectivity index (χ3n) is 2.52. The fourth-order valence-electron chi connectivity index (χ4n) is 1.65. The Hall–Kier alpha value is -0.630. The van der Waals surface area contributed by atoms with Gasteiger partial charge in [0.2, 0.25) is 10.0 Å². The van der Waals surface area contributed by atoms with Crippen LogP contribution in [0.3, 0.4) is 0 Å². The highest BCUT2D eigenvalue weighted by Crippen LogP contribution is 2.26. The molecular formula is C11H13BrN2O2S2. The molecule has 18 heavy (non-hydrogen) atoms. The van der Waals surface area contributed by atoms with E-state index in [0.717, 1.165) is 20.7 Å². The zero-order valence-corrected chi connectivity index (χ0v) is 13.2. The van der Waals surface area contributed by atoms with Crippen molar-refractivity contribution in [1.82, 2.24) is 9.71 Å². The van der Waals surface area contributed by atoms with Gasteiger partial charge in [-0.1, -0.05) is 0 Å². The van der Waals surface area contributed by atoms with Gasteiger partial charge in [-0.15, -0.1) is 11.3 Å². The molecule has 0 saturated carbocycles. The Labute approximate surface area is 119 Å². The molecule has 7 heteroatoms. The summed E-state index contributed by atoms with van der Waals surface area (Å²) in [4.78, 5) is 3.15. The highest BCUT2D eigenvalue weighted by atomic mass is 79.9. The molecule has 0 saturated heterocycles. The number of halogens is 1. The third-order valence-corrected chi connectivity index (χ3v) is 6.04. The van der Waals surface area contributed by atoms with Crippen LogP contribution >= 0.6 is 27.3 Å². The standard InChI is InChI=1S/C11H13BrN2O2S2/c1-7-5-9(8(2)14-7)6-13-18(15,16)11-4-3-10(12)17-11/h3-5,13-14H,6H2,1-2H3. The summed E-state index contributed by atoms with van der Waals surface area (Å²) in [6, 6.07) is 5.26. The van der Waals surface area contributed by atoms with E-state index in [2.05, 4.69) is 25.6 Å². The molecule has 2 rings (SSSR count). The molecule has 0 aromatic carbocycles. The van der Waals surface area contributed by atoms with Gasteiger partial charge >= 0.3 is 0 Å². The van der Waals surface area contributed by atoms with Gasteiger partial charge in [0, 0.05) is 17.9 Å². The van der Waals surface area contributed by atoms with E-state index in [-0.39, 0.29) is 0 Å². The van der Waals surface area contributed by atoms with E-state index >= 15 is 0 Å². The first-order valence-electron chi connectivity index (χ1n) is 5.28. The van der Waals surface area contributed by atoms with Gasteiger partial charge in [0.1, 0.15) is 4.21 Å². The number of aromatic amines is 1. The fraction of sp³-hybridized carbons (Fsp3) is 0.273. The zero-order valence-electron chi connectivity index (χ0n) is 9.95. The maximum atomic E-state index is 12.0. The lowest BCUT2D eigenvalue weighted by Crippen LogP contribution is -2.22. The summed E-state index contributed by atoms with van der Waals surface area (Å²) >= 11 is 4.45. The molecular weight excluding hydrogens is 336 g/mol. The van der Waals surface area contributed by atoms with Crippen molar-refractivity contribution in [3.63, 3.8) is 0 Å². The van der Waals surface area contributed by atoms with Crippen molar-refractivity contribution in [1.29, 1.82) is 0 Å². The van der Waals surface area contributed by atoms with E-state index in [1.54, 1.807) is 12.1 Å². The SMILES string of the molecule is Cc1cc(CNS(=O)(=O)c2ccc(Br)s2)c(C)[nH]1. The van der Waals surface area contributed by atoms with E-state index < -0.39 is 10.0 Å². The summed E-state index contributed by atoms with van der Waals surface area (Å²) in [5.74, 6) is 0. The van der Waals surface area contributed by atoms with Gasteiger partial charge in [0.05, 0.1) is 3.79 Å². The van der Waals surface area contributed by atoms with Crippen molar-refractivity contribution in [3.8, 4) is 0 Å². The summed E-state index contributed by atoms with van der Waals surface area (Å²) in [5.41, 5.74) is 2.98. The lowest BCUT2D eigenvalue weighted by Gasteiger charge is -2.04. The molecule has 0 spiro atoms. The molecule has 0 fully saturated rings. The van der Waals surface area contributed by atoms with Gasteiger partial charge in [0.15, 0.2) is 0 Å². The van der Waals surface area contributed by atoms with Crippen molar-refractivity contribution in [2.24, 2.45) is 0 Å². The number of thiophene rings is 1. The number of aromatic nitrogens is 1. The first-order chi connectivity index (χ1) is 8.38. The molecule has 4 nitrogen and oxygen atoms in total. The van der Waals surface area contributed by atoms with Crippen LogP contribution in [0.2, 0.25) is 0 Å². The second-order valence-corrected chi connectivity index (χ2v) is 8.44. The maximum absolute atomic E-state index is 12.0. The Bertz CT molecular complexity index is 658. The molecule has 2 N–H and O–H groups in total. The molecule has 0 aliphatic heterocycles. The minimum Gasteiger partial charge on any atom is -0.362 e. The molecule has 0 aliphatic carbocycles. The normalized spacial score (nSPS) is 11.9. The largest absolute Gasteiger partial charge is 0.362 e. The lowest BCUT2D eigenvalue weighted by atomic mass is 10.2. The number of H-pyrrole nitrogens is 1. The van der Waals surface area contributed by atoms with Gasteiger partial charge in [-0.3, -0.25) is 0 Å². The topological polar surface area (TPSA) is 62.0 Å². The highest BCUT2D eigenvalue weighted by molar-refractivity contribution is 9.11. The van der Waals surface area contributed by atoms with Crippen molar-refractivity contribution in [2.75, 3.05) is 0 Å². The second kappa shape index (κ2) is 5.16. The number of hydrogen-bond acceptors (Lipinski definition) is 3. The monoisotopic (exact) mass is 348 g/mol. The summed E-state index contributed by atoms with van der Waals surface area (Å²) < 4.78 is 27.7. The Morgan fingerprint density at radius 2 is 2.11 bits per heavy atom. The Morgan fingerprint density at radius 1 is 1.39 bits per heavy atom. The van der Waals surface area contributed by atoms with Crippen LogP contribution in [0, 0.1) is 13.8 Å². The van der Waals surface area contributed by atoms with Crippen LogP contribution in [0.5, 0.6) is 0 Å². The fourth-order valence-corrected chi connectivity index (χ4v) is 4.71. The predicted molar refractivity (Wildman–Crippen MR) is 76.3 cm³/mol. The molecule has 0 unspecified atom stereocenters. The van der Waals surface area contributed by atoms with Gasteiger partial charge < -0.3 is 4.98 Å². The number of aryl methyl sites for hydroxylation is 2. The average Bonchev–Trinajstić information content (AvgIpc) is 2.83. The van der Waals surface area contributed by atoms with Crippen LogP contribution in [0.4, 0.5) is 0 Å². The number of nitrogens with one attached hydrogen (secondary N) is 2. The van der Waals surface area contributed by atoms with Gasteiger partial charge in [-0.05, 0) is 53.5 Å². The first-order valence-corrected chi connectivity index (χ1v) is 8.38. The van der Waals surface area contributed by atoms with E-state index in [4.69, 9.17) is 0 Å². The van der Waals surface area contributed by atoms with Gasteiger partial charge in [-0.2, -0.15) is 0 Å². The Kier molecular flexibility index (Phi) is 3.96. The van der Waals surface area contributed by atoms with Gasteiger partial charge in [-0.25, -0.2) is 13.1 Å². The van der Waals surface area contributed by atoms with Gasteiger partial charge in [0.25, 0.3) is 0 Å². The van der Waals surface area contributed by atoms with E-state index in [9.17, 15) is 8.42 Å². The van der Waals surface area contributed by atoms with E-state index in [0.29, 0.717) is 10.8 Å². The zero-order chi connectivity index (χ0) is 13.3. The van der Waals surface area contributed by atoms with Crippen LogP contribution in [0.1, 0.15) is 17.0 Å². The Balaban J connectivity index is 2.13. The smallest absolute Gasteiger partial charge is 0.250 e. The molecule has 0 bridgehead atoms. The summed E-state index contributed by atoms with van der Waals surface area (Å²) in [6.07, 6.45) is 0. The summed E-state index contributed by atoms with van der Waals surface area (Å²) in [7, 11) is -3.42. The van der Waals surface area contributed by atoms with Crippen LogP contribution < -0.4 is 4.72 Å². The minimum atomic E-state index is -3.42. The number of hydrogen-bond donors (Lipinski definition) is 2. The lowest BCUT2D eigenvalue weighted by molar-refractivity contribution is 0.583. The molecule has 98 valence electrons. The predicted octanol–water partition coefficient (Wildman–Crippen LogP) is 2.93. The van der Waals surface area contributed by atoms with E-state index in [1.807, 2.05) is 19.9 Å². The molecule has 2 aromatic heterocycles. The van der Waals surface area contributed by atoms with Crippen LogP contribution in [0.25, 0.3) is 0 Å². The third kappa shape index (κ3) is 3.03. The summed E-state index contributed by atoms with van der Waals surface area (Å²) in [5, 5.41) is 0. The molecule has 0 radical (unpaired) electrons. The first kappa shape index (κ1) is 13.8. The van der Waals surface area contributed by atoms with Crippen molar-refractivity contribution < 1.29 is 8.42 Å². The summed E-state index contributed by atoms with van der Waals surface area (Å²) in [6.45, 7) is 4.17. The quantitative estimate of drug-likeness (QED) is 0.892. The second-order valence-electron chi connectivity index (χ2n) is 3.99. The average molecular weight is 349 g/mol. The van der Waals surface area contributed by atoms with Crippen molar-refractivity contribution in [2.45, 2.75) is 24.6 Å². The van der Waals surface area contributed by atoms with E-state index in [1.165, 1.54) is 11.3 Å².